The molecule has 2 aromatic rings. The number of benzene rings is 1. The molecule has 1 heterocycles. The maximum atomic E-state index is 5.96. The monoisotopic (exact) mass is 388 g/mol. The zero-order valence-corrected chi connectivity index (χ0v) is 13.6. The van der Waals surface area contributed by atoms with Crippen molar-refractivity contribution in [2.75, 3.05) is 17.7 Å². The summed E-state index contributed by atoms with van der Waals surface area (Å²) in [5.74, 6) is 1.67. The minimum absolute atomic E-state index is 0.726. The van der Waals surface area contributed by atoms with Crippen LogP contribution in [0.5, 0.6) is 0 Å². The first kappa shape index (κ1) is 14.3. The Bertz CT molecular complexity index is 589. The third-order valence-corrected chi connectivity index (χ3v) is 3.85. The van der Waals surface area contributed by atoms with Gasteiger partial charge >= 0.3 is 0 Å². The van der Waals surface area contributed by atoms with Gasteiger partial charge in [-0.3, -0.25) is 0 Å². The number of nitrogens with zero attached hydrogens (tertiary/aromatic N) is 2. The first-order valence-corrected chi connectivity index (χ1v) is 7.35. The Morgan fingerprint density at radius 2 is 2.00 bits per heavy atom. The molecule has 0 saturated heterocycles. The molecule has 2 rings (SSSR count). The van der Waals surface area contributed by atoms with E-state index in [2.05, 4.69) is 50.1 Å². The summed E-state index contributed by atoms with van der Waals surface area (Å²) < 4.78 is 1.05. The Balaban J connectivity index is 2.37. The van der Waals surface area contributed by atoms with Gasteiger partial charge < -0.3 is 10.6 Å². The first-order chi connectivity index (χ1) is 9.15. The fourth-order valence-corrected chi connectivity index (χ4v) is 2.80. The van der Waals surface area contributed by atoms with Crippen molar-refractivity contribution >= 4 is 51.5 Å². The molecular formula is C13H14ClIN4. The van der Waals surface area contributed by atoms with Gasteiger partial charge in [-0.1, -0.05) is 18.5 Å². The maximum Gasteiger partial charge on any atom is 0.139 e. The SMILES string of the molecule is CCc1c(NC)ncnc1Nc1ccc(Cl)cc1I. The molecule has 19 heavy (non-hydrogen) atoms. The van der Waals surface area contributed by atoms with Crippen molar-refractivity contribution in [3.63, 3.8) is 0 Å². The average Bonchev–Trinajstić information content (AvgIpc) is 2.41. The summed E-state index contributed by atoms with van der Waals surface area (Å²) in [5.41, 5.74) is 2.05. The summed E-state index contributed by atoms with van der Waals surface area (Å²) in [7, 11) is 1.86. The summed E-state index contributed by atoms with van der Waals surface area (Å²) in [6.07, 6.45) is 2.40. The quantitative estimate of drug-likeness (QED) is 0.775. The van der Waals surface area contributed by atoms with Gasteiger partial charge in [0.15, 0.2) is 0 Å². The standard InChI is InChI=1S/C13H14ClIN4/c1-3-9-12(16-2)17-7-18-13(9)19-11-5-4-8(14)6-10(11)15/h4-7H,3H2,1-2H3,(H2,16,17,18,19). The van der Waals surface area contributed by atoms with Gasteiger partial charge in [0.1, 0.15) is 18.0 Å². The Morgan fingerprint density at radius 3 is 2.63 bits per heavy atom. The Hall–Kier alpha value is -1.08. The number of hydrogen-bond donors (Lipinski definition) is 2. The van der Waals surface area contributed by atoms with Crippen LogP contribution in [0.1, 0.15) is 12.5 Å². The van der Waals surface area contributed by atoms with Gasteiger partial charge in [0.05, 0.1) is 5.69 Å². The van der Waals surface area contributed by atoms with Crippen LogP contribution < -0.4 is 10.6 Å². The van der Waals surface area contributed by atoms with E-state index < -0.39 is 0 Å². The minimum atomic E-state index is 0.726. The molecule has 0 fully saturated rings. The highest BCUT2D eigenvalue weighted by Crippen LogP contribution is 2.28. The zero-order valence-electron chi connectivity index (χ0n) is 10.7. The predicted octanol–water partition coefficient (Wildman–Crippen LogP) is 4.08. The molecule has 1 aromatic heterocycles. The van der Waals surface area contributed by atoms with Crippen molar-refractivity contribution in [1.82, 2.24) is 9.97 Å². The fourth-order valence-electron chi connectivity index (χ4n) is 1.79. The van der Waals surface area contributed by atoms with Crippen molar-refractivity contribution in [3.05, 3.63) is 38.7 Å². The molecule has 4 nitrogen and oxygen atoms in total. The lowest BCUT2D eigenvalue weighted by Crippen LogP contribution is -2.05. The first-order valence-electron chi connectivity index (χ1n) is 5.89. The molecule has 2 N–H and O–H groups in total. The molecule has 0 aliphatic carbocycles. The number of anilines is 3. The van der Waals surface area contributed by atoms with Crippen LogP contribution >= 0.6 is 34.2 Å². The molecule has 6 heteroatoms. The number of aromatic nitrogens is 2. The third-order valence-electron chi connectivity index (χ3n) is 2.72. The summed E-state index contributed by atoms with van der Waals surface area (Å²) in [6.45, 7) is 2.08. The second-order valence-corrected chi connectivity index (χ2v) is 5.50. The van der Waals surface area contributed by atoms with E-state index in [9.17, 15) is 0 Å². The second kappa shape index (κ2) is 6.38. The van der Waals surface area contributed by atoms with E-state index in [1.807, 2.05) is 25.2 Å². The number of hydrogen-bond acceptors (Lipinski definition) is 4. The van der Waals surface area contributed by atoms with Crippen LogP contribution in [0.15, 0.2) is 24.5 Å². The van der Waals surface area contributed by atoms with E-state index in [1.165, 1.54) is 0 Å². The maximum absolute atomic E-state index is 5.96. The number of halogens is 2. The van der Waals surface area contributed by atoms with Crippen molar-refractivity contribution in [3.8, 4) is 0 Å². The molecule has 100 valence electrons. The van der Waals surface area contributed by atoms with Gasteiger partial charge in [-0.05, 0) is 47.2 Å². The third kappa shape index (κ3) is 3.27. The number of rotatable bonds is 4. The highest BCUT2D eigenvalue weighted by molar-refractivity contribution is 14.1. The minimum Gasteiger partial charge on any atom is -0.373 e. The predicted molar refractivity (Wildman–Crippen MR) is 88.4 cm³/mol. The molecule has 0 radical (unpaired) electrons. The van der Waals surface area contributed by atoms with Gasteiger partial charge in [0.25, 0.3) is 0 Å². The lowest BCUT2D eigenvalue weighted by molar-refractivity contribution is 1.05. The van der Waals surface area contributed by atoms with Gasteiger partial charge in [-0.15, -0.1) is 0 Å². The highest BCUT2D eigenvalue weighted by atomic mass is 127. The summed E-state index contributed by atoms with van der Waals surface area (Å²) in [5, 5.41) is 7.14. The second-order valence-electron chi connectivity index (χ2n) is 3.90. The molecule has 0 spiro atoms. The van der Waals surface area contributed by atoms with E-state index in [0.29, 0.717) is 0 Å². The van der Waals surface area contributed by atoms with Crippen LogP contribution in [0.4, 0.5) is 17.3 Å². The lowest BCUT2D eigenvalue weighted by Gasteiger charge is -2.13. The van der Waals surface area contributed by atoms with Crippen LogP contribution in [-0.4, -0.2) is 17.0 Å². The Morgan fingerprint density at radius 1 is 1.26 bits per heavy atom. The molecule has 0 unspecified atom stereocenters. The van der Waals surface area contributed by atoms with E-state index in [0.717, 1.165) is 37.9 Å². The normalized spacial score (nSPS) is 10.3. The van der Waals surface area contributed by atoms with Crippen molar-refractivity contribution in [2.24, 2.45) is 0 Å². The van der Waals surface area contributed by atoms with Crippen molar-refractivity contribution in [2.45, 2.75) is 13.3 Å². The molecular weight excluding hydrogens is 375 g/mol. The molecule has 0 atom stereocenters. The van der Waals surface area contributed by atoms with E-state index in [1.54, 1.807) is 6.33 Å². The van der Waals surface area contributed by atoms with Gasteiger partial charge in [0, 0.05) is 21.2 Å². The summed E-state index contributed by atoms with van der Waals surface area (Å²) in [4.78, 5) is 8.54. The smallest absolute Gasteiger partial charge is 0.139 e. The van der Waals surface area contributed by atoms with Crippen LogP contribution in [0.25, 0.3) is 0 Å². The van der Waals surface area contributed by atoms with Crippen LogP contribution in [0.2, 0.25) is 5.02 Å². The van der Waals surface area contributed by atoms with E-state index in [-0.39, 0.29) is 0 Å². The molecule has 0 saturated carbocycles. The lowest BCUT2D eigenvalue weighted by atomic mass is 10.2. The molecule has 1 aromatic carbocycles. The van der Waals surface area contributed by atoms with E-state index >= 15 is 0 Å². The fraction of sp³-hybridized carbons (Fsp3) is 0.231. The molecule has 0 bridgehead atoms. The topological polar surface area (TPSA) is 49.8 Å². The van der Waals surface area contributed by atoms with Crippen LogP contribution in [0.3, 0.4) is 0 Å². The average molecular weight is 389 g/mol. The van der Waals surface area contributed by atoms with Crippen LogP contribution in [-0.2, 0) is 6.42 Å². The molecule has 0 aliphatic heterocycles. The summed E-state index contributed by atoms with van der Waals surface area (Å²) in [6, 6.07) is 5.72. The van der Waals surface area contributed by atoms with Gasteiger partial charge in [-0.25, -0.2) is 9.97 Å². The van der Waals surface area contributed by atoms with Crippen molar-refractivity contribution in [1.29, 1.82) is 0 Å². The van der Waals surface area contributed by atoms with E-state index in [4.69, 9.17) is 11.6 Å². The Labute approximate surface area is 131 Å². The zero-order chi connectivity index (χ0) is 13.8. The van der Waals surface area contributed by atoms with Gasteiger partial charge in [0.2, 0.25) is 0 Å². The van der Waals surface area contributed by atoms with Crippen LogP contribution in [0, 0.1) is 3.57 Å². The molecule has 0 aliphatic rings. The molecule has 0 amide bonds. The van der Waals surface area contributed by atoms with Crippen molar-refractivity contribution < 1.29 is 0 Å². The van der Waals surface area contributed by atoms with Gasteiger partial charge in [-0.2, -0.15) is 0 Å². The summed E-state index contributed by atoms with van der Waals surface area (Å²) >= 11 is 8.21. The highest BCUT2D eigenvalue weighted by Gasteiger charge is 2.10. The Kier molecular flexibility index (Phi) is 4.81. The number of nitrogens with one attached hydrogen (secondary N) is 2. The largest absolute Gasteiger partial charge is 0.373 e.